The predicted octanol–water partition coefficient (Wildman–Crippen LogP) is 0.192. The van der Waals surface area contributed by atoms with Gasteiger partial charge >= 0.3 is 0 Å². The Bertz CT molecular complexity index is 710. The highest BCUT2D eigenvalue weighted by atomic mass is 16.2. The van der Waals surface area contributed by atoms with Crippen LogP contribution in [0.25, 0.3) is 0 Å². The average Bonchev–Trinajstić information content (AvgIpc) is 3.20. The van der Waals surface area contributed by atoms with E-state index >= 15 is 0 Å². The van der Waals surface area contributed by atoms with Gasteiger partial charge in [0.1, 0.15) is 11.9 Å². The van der Waals surface area contributed by atoms with Crippen molar-refractivity contribution in [3.8, 4) is 0 Å². The fraction of sp³-hybridized carbons (Fsp3) is 0.467. The Morgan fingerprint density at radius 3 is 3.23 bits per heavy atom. The van der Waals surface area contributed by atoms with Crippen LogP contribution in [0.3, 0.4) is 0 Å². The minimum atomic E-state index is -0.399. The lowest BCUT2D eigenvalue weighted by atomic mass is 10.1. The van der Waals surface area contributed by atoms with Crippen molar-refractivity contribution >= 4 is 5.91 Å². The van der Waals surface area contributed by atoms with E-state index in [-0.39, 0.29) is 5.91 Å². The highest BCUT2D eigenvalue weighted by molar-refractivity contribution is 5.83. The van der Waals surface area contributed by atoms with E-state index < -0.39 is 6.04 Å². The van der Waals surface area contributed by atoms with E-state index in [9.17, 15) is 4.79 Å². The first-order chi connectivity index (χ1) is 10.8. The van der Waals surface area contributed by atoms with Gasteiger partial charge in [-0.2, -0.15) is 0 Å². The van der Waals surface area contributed by atoms with Gasteiger partial charge in [-0.15, -0.1) is 0 Å². The Hall–Kier alpha value is -2.28. The van der Waals surface area contributed by atoms with Gasteiger partial charge in [0.15, 0.2) is 0 Å². The summed E-state index contributed by atoms with van der Waals surface area (Å²) in [7, 11) is 0. The van der Waals surface area contributed by atoms with Gasteiger partial charge in [-0.05, 0) is 24.8 Å². The summed E-state index contributed by atoms with van der Waals surface area (Å²) >= 11 is 0. The van der Waals surface area contributed by atoms with Gasteiger partial charge in [0.25, 0.3) is 0 Å². The molecule has 2 aromatic rings. The fourth-order valence-electron chi connectivity index (χ4n) is 3.14. The summed E-state index contributed by atoms with van der Waals surface area (Å²) in [6, 6.07) is -0.399. The molecule has 1 atom stereocenters. The van der Waals surface area contributed by atoms with Gasteiger partial charge in [-0.25, -0.2) is 15.0 Å². The lowest BCUT2D eigenvalue weighted by Crippen LogP contribution is -2.41. The molecule has 0 unspecified atom stereocenters. The van der Waals surface area contributed by atoms with Crippen LogP contribution in [0.1, 0.15) is 40.9 Å². The van der Waals surface area contributed by atoms with Crippen molar-refractivity contribution in [2.75, 3.05) is 6.54 Å². The minimum Gasteiger partial charge on any atom is -0.348 e. The monoisotopic (exact) mass is 298 g/mol. The number of aryl methyl sites for hydroxylation is 2. The molecule has 3 N–H and O–H groups in total. The second-order valence-electron chi connectivity index (χ2n) is 5.73. The van der Waals surface area contributed by atoms with Gasteiger partial charge in [0.05, 0.1) is 18.6 Å². The number of aromatic nitrogens is 4. The Morgan fingerprint density at radius 2 is 2.27 bits per heavy atom. The molecule has 1 amide bonds. The van der Waals surface area contributed by atoms with Crippen LogP contribution < -0.4 is 10.6 Å². The van der Waals surface area contributed by atoms with Gasteiger partial charge < -0.3 is 15.6 Å². The third kappa shape index (κ3) is 2.37. The number of hydrogen-bond donors (Lipinski definition) is 3. The molecule has 4 rings (SSSR count). The molecule has 0 bridgehead atoms. The summed E-state index contributed by atoms with van der Waals surface area (Å²) in [6.07, 6.45) is 7.62. The first kappa shape index (κ1) is 13.4. The number of aromatic amines is 1. The van der Waals surface area contributed by atoms with E-state index in [1.54, 1.807) is 6.33 Å². The van der Waals surface area contributed by atoms with Crippen molar-refractivity contribution < 1.29 is 4.79 Å². The molecule has 2 aliphatic rings. The first-order valence-electron chi connectivity index (χ1n) is 7.68. The van der Waals surface area contributed by atoms with Crippen molar-refractivity contribution in [3.05, 3.63) is 41.0 Å². The molecule has 3 heterocycles. The molecule has 0 radical (unpaired) electrons. The molecule has 0 aromatic carbocycles. The Morgan fingerprint density at radius 1 is 1.32 bits per heavy atom. The second-order valence-corrected chi connectivity index (χ2v) is 5.73. The molecule has 0 saturated heterocycles. The average molecular weight is 298 g/mol. The SMILES string of the molecule is O=C(NCc1ncc2c(n1)CCC2)[C@H]1NCCc2[nH]cnc21. The van der Waals surface area contributed by atoms with Gasteiger partial charge in [0.2, 0.25) is 5.91 Å². The van der Waals surface area contributed by atoms with E-state index in [2.05, 4.69) is 30.6 Å². The van der Waals surface area contributed by atoms with Crippen LogP contribution in [0, 0.1) is 0 Å². The summed E-state index contributed by atoms with van der Waals surface area (Å²) in [4.78, 5) is 28.6. The number of carbonyl (C=O) groups is 1. The van der Waals surface area contributed by atoms with Crippen LogP contribution >= 0.6 is 0 Å². The van der Waals surface area contributed by atoms with E-state index in [1.165, 1.54) is 5.56 Å². The number of nitrogens with zero attached hydrogens (tertiary/aromatic N) is 3. The maximum Gasteiger partial charge on any atom is 0.243 e. The number of nitrogens with one attached hydrogen (secondary N) is 3. The second kappa shape index (κ2) is 5.49. The lowest BCUT2D eigenvalue weighted by Gasteiger charge is -2.22. The fourth-order valence-corrected chi connectivity index (χ4v) is 3.14. The van der Waals surface area contributed by atoms with Crippen LogP contribution in [0.15, 0.2) is 12.5 Å². The van der Waals surface area contributed by atoms with Gasteiger partial charge in [-0.3, -0.25) is 4.79 Å². The largest absolute Gasteiger partial charge is 0.348 e. The molecule has 7 heteroatoms. The normalized spacial score (nSPS) is 19.5. The number of fused-ring (bicyclic) bond motifs is 2. The molecular formula is C15H18N6O. The molecule has 7 nitrogen and oxygen atoms in total. The summed E-state index contributed by atoms with van der Waals surface area (Å²) in [5.74, 6) is 0.587. The zero-order valence-electron chi connectivity index (χ0n) is 12.2. The topological polar surface area (TPSA) is 95.6 Å². The van der Waals surface area contributed by atoms with Crippen LogP contribution in [0.4, 0.5) is 0 Å². The molecular weight excluding hydrogens is 280 g/mol. The molecule has 2 aromatic heterocycles. The Kier molecular flexibility index (Phi) is 3.34. The number of hydrogen-bond acceptors (Lipinski definition) is 5. The number of rotatable bonds is 3. The van der Waals surface area contributed by atoms with Crippen molar-refractivity contribution in [3.63, 3.8) is 0 Å². The summed E-state index contributed by atoms with van der Waals surface area (Å²) in [6.45, 7) is 1.12. The van der Waals surface area contributed by atoms with Gasteiger partial charge in [-0.1, -0.05) is 0 Å². The quantitative estimate of drug-likeness (QED) is 0.752. The van der Waals surface area contributed by atoms with Crippen molar-refractivity contribution in [2.45, 2.75) is 38.3 Å². The van der Waals surface area contributed by atoms with E-state index in [0.717, 1.165) is 49.3 Å². The van der Waals surface area contributed by atoms with Crippen molar-refractivity contribution in [2.24, 2.45) is 0 Å². The summed E-state index contributed by atoms with van der Waals surface area (Å²) in [5.41, 5.74) is 4.20. The van der Waals surface area contributed by atoms with E-state index in [4.69, 9.17) is 0 Å². The van der Waals surface area contributed by atoms with Crippen LogP contribution in [-0.2, 0) is 30.6 Å². The standard InChI is InChI=1S/C15H18N6O/c22-15(14-13-11(4-5-16-14)19-8-20-13)18-7-12-17-6-9-2-1-3-10(9)21-12/h6,8,14,16H,1-5,7H2,(H,18,22)(H,19,20)/t14-/m0/s1. The predicted molar refractivity (Wildman–Crippen MR) is 78.9 cm³/mol. The smallest absolute Gasteiger partial charge is 0.243 e. The Labute approximate surface area is 128 Å². The van der Waals surface area contributed by atoms with E-state index in [0.29, 0.717) is 12.4 Å². The summed E-state index contributed by atoms with van der Waals surface area (Å²) < 4.78 is 0. The third-order valence-corrected chi connectivity index (χ3v) is 4.30. The molecule has 1 aliphatic carbocycles. The summed E-state index contributed by atoms with van der Waals surface area (Å²) in [5, 5.41) is 6.11. The molecule has 22 heavy (non-hydrogen) atoms. The van der Waals surface area contributed by atoms with Crippen molar-refractivity contribution in [1.29, 1.82) is 0 Å². The molecule has 0 fully saturated rings. The molecule has 0 saturated carbocycles. The highest BCUT2D eigenvalue weighted by Crippen LogP contribution is 2.20. The van der Waals surface area contributed by atoms with Crippen LogP contribution in [0.5, 0.6) is 0 Å². The number of carbonyl (C=O) groups excluding carboxylic acids is 1. The zero-order chi connectivity index (χ0) is 14.9. The Balaban J connectivity index is 1.43. The zero-order valence-corrected chi connectivity index (χ0v) is 12.2. The maximum atomic E-state index is 12.4. The number of H-pyrrole nitrogens is 1. The van der Waals surface area contributed by atoms with Crippen LogP contribution in [0.2, 0.25) is 0 Å². The third-order valence-electron chi connectivity index (χ3n) is 4.30. The molecule has 0 spiro atoms. The highest BCUT2D eigenvalue weighted by Gasteiger charge is 2.28. The van der Waals surface area contributed by atoms with Crippen molar-refractivity contribution in [1.82, 2.24) is 30.6 Å². The molecule has 114 valence electrons. The number of imidazole rings is 1. The first-order valence-corrected chi connectivity index (χ1v) is 7.68. The molecule has 1 aliphatic heterocycles. The van der Waals surface area contributed by atoms with Gasteiger partial charge in [0, 0.05) is 30.6 Å². The number of amides is 1. The maximum absolute atomic E-state index is 12.4. The minimum absolute atomic E-state index is 0.0860. The van der Waals surface area contributed by atoms with E-state index in [1.807, 2.05) is 6.20 Å². The lowest BCUT2D eigenvalue weighted by molar-refractivity contribution is -0.123. The van der Waals surface area contributed by atoms with Crippen LogP contribution in [-0.4, -0.2) is 32.4 Å².